The van der Waals surface area contributed by atoms with Gasteiger partial charge in [-0.25, -0.2) is 4.98 Å². The van der Waals surface area contributed by atoms with E-state index in [1.807, 2.05) is 30.3 Å². The van der Waals surface area contributed by atoms with Gasteiger partial charge in [-0.15, -0.1) is 11.6 Å². The Labute approximate surface area is 92.1 Å². The first-order chi connectivity index (χ1) is 7.31. The normalized spacial score (nSPS) is 10.2. The van der Waals surface area contributed by atoms with E-state index in [0.29, 0.717) is 5.82 Å². The molecule has 1 amide bonds. The molecule has 1 heterocycles. The van der Waals surface area contributed by atoms with Gasteiger partial charge >= 0.3 is 0 Å². The summed E-state index contributed by atoms with van der Waals surface area (Å²) in [6.45, 7) is 0. The van der Waals surface area contributed by atoms with Crippen LogP contribution in [0.3, 0.4) is 0 Å². The van der Waals surface area contributed by atoms with Crippen molar-refractivity contribution < 1.29 is 4.79 Å². The summed E-state index contributed by atoms with van der Waals surface area (Å²) in [6.07, 6.45) is 1.66. The zero-order valence-electron chi connectivity index (χ0n) is 7.90. The van der Waals surface area contributed by atoms with E-state index >= 15 is 0 Å². The number of nitrogens with zero attached hydrogens (tertiary/aromatic N) is 1. The molecule has 0 atom stereocenters. The zero-order chi connectivity index (χ0) is 10.7. The Hall–Kier alpha value is -1.61. The maximum absolute atomic E-state index is 11.1. The topological polar surface area (TPSA) is 42.0 Å². The number of carbonyl (C=O) groups excluding carboxylic acids is 1. The van der Waals surface area contributed by atoms with Gasteiger partial charge in [0.2, 0.25) is 5.91 Å². The van der Waals surface area contributed by atoms with Crippen molar-refractivity contribution in [2.24, 2.45) is 0 Å². The number of hydrogen-bond acceptors (Lipinski definition) is 2. The molecule has 0 saturated heterocycles. The molecule has 0 unspecified atom stereocenters. The van der Waals surface area contributed by atoms with Crippen LogP contribution in [-0.4, -0.2) is 16.8 Å². The summed E-state index contributed by atoms with van der Waals surface area (Å²) in [7, 11) is 0. The number of pyridine rings is 1. The predicted octanol–water partition coefficient (Wildman–Crippen LogP) is 2.41. The number of carbonyl (C=O) groups is 1. The van der Waals surface area contributed by atoms with Crippen molar-refractivity contribution in [3.8, 4) is 0 Å². The highest BCUT2D eigenvalue weighted by Crippen LogP contribution is 2.20. The SMILES string of the molecule is O=C(CCl)Nc1nccc2ccccc12. The van der Waals surface area contributed by atoms with Crippen LogP contribution in [0.5, 0.6) is 0 Å². The van der Waals surface area contributed by atoms with Crippen molar-refractivity contribution in [2.75, 3.05) is 11.2 Å². The number of anilines is 1. The second-order valence-electron chi connectivity index (χ2n) is 3.06. The first kappa shape index (κ1) is 9.93. The lowest BCUT2D eigenvalue weighted by molar-refractivity contribution is -0.113. The minimum atomic E-state index is -0.250. The molecule has 0 aliphatic carbocycles. The van der Waals surface area contributed by atoms with Crippen molar-refractivity contribution in [2.45, 2.75) is 0 Å². The lowest BCUT2D eigenvalue weighted by Gasteiger charge is -2.05. The van der Waals surface area contributed by atoms with Crippen LogP contribution >= 0.6 is 11.6 Å². The molecule has 76 valence electrons. The lowest BCUT2D eigenvalue weighted by atomic mass is 10.1. The standard InChI is InChI=1S/C11H9ClN2O/c12-7-10(15)14-11-9-4-2-1-3-8(9)5-6-13-11/h1-6H,7H2,(H,13,14,15). The fourth-order valence-electron chi connectivity index (χ4n) is 1.38. The Bertz CT molecular complexity index is 493. The maximum atomic E-state index is 11.1. The highest BCUT2D eigenvalue weighted by Gasteiger charge is 2.04. The molecule has 0 fully saturated rings. The third-order valence-corrected chi connectivity index (χ3v) is 2.30. The van der Waals surface area contributed by atoms with Gasteiger partial charge in [0.15, 0.2) is 0 Å². The van der Waals surface area contributed by atoms with Gasteiger partial charge in [-0.2, -0.15) is 0 Å². The first-order valence-electron chi connectivity index (χ1n) is 4.51. The number of alkyl halides is 1. The molecule has 2 rings (SSSR count). The van der Waals surface area contributed by atoms with Crippen molar-refractivity contribution in [3.63, 3.8) is 0 Å². The molecule has 0 bridgehead atoms. The summed E-state index contributed by atoms with van der Waals surface area (Å²) in [4.78, 5) is 15.2. The van der Waals surface area contributed by atoms with Crippen LogP contribution in [0.25, 0.3) is 10.8 Å². The van der Waals surface area contributed by atoms with E-state index < -0.39 is 0 Å². The van der Waals surface area contributed by atoms with Crippen molar-refractivity contribution in [1.82, 2.24) is 4.98 Å². The zero-order valence-corrected chi connectivity index (χ0v) is 8.66. The Morgan fingerprint density at radius 3 is 2.93 bits per heavy atom. The Morgan fingerprint density at radius 2 is 2.13 bits per heavy atom. The Balaban J connectivity index is 2.46. The molecule has 1 aromatic carbocycles. The average Bonchev–Trinajstić information content (AvgIpc) is 2.29. The molecule has 0 aliphatic rings. The molecule has 15 heavy (non-hydrogen) atoms. The van der Waals surface area contributed by atoms with E-state index in [9.17, 15) is 4.79 Å². The van der Waals surface area contributed by atoms with Gasteiger partial charge in [-0.3, -0.25) is 4.79 Å². The average molecular weight is 221 g/mol. The number of aromatic nitrogens is 1. The number of halogens is 1. The van der Waals surface area contributed by atoms with E-state index in [0.717, 1.165) is 10.8 Å². The number of amides is 1. The fourth-order valence-corrected chi connectivity index (χ4v) is 1.45. The largest absolute Gasteiger partial charge is 0.309 e. The van der Waals surface area contributed by atoms with Crippen LogP contribution in [-0.2, 0) is 4.79 Å². The number of benzene rings is 1. The molecule has 0 aliphatic heterocycles. The molecule has 2 aromatic rings. The van der Waals surface area contributed by atoms with E-state index in [1.54, 1.807) is 6.20 Å². The molecular weight excluding hydrogens is 212 g/mol. The van der Waals surface area contributed by atoms with Gasteiger partial charge in [0.1, 0.15) is 11.7 Å². The van der Waals surface area contributed by atoms with E-state index in [4.69, 9.17) is 11.6 Å². The molecule has 3 nitrogen and oxygen atoms in total. The summed E-state index contributed by atoms with van der Waals surface area (Å²) in [5.74, 6) is 0.240. The Kier molecular flexibility index (Phi) is 2.83. The summed E-state index contributed by atoms with van der Waals surface area (Å²) < 4.78 is 0. The first-order valence-corrected chi connectivity index (χ1v) is 5.04. The number of nitrogens with one attached hydrogen (secondary N) is 1. The van der Waals surface area contributed by atoms with Crippen LogP contribution in [0.2, 0.25) is 0 Å². The summed E-state index contributed by atoms with van der Waals surface area (Å²) in [5, 5.41) is 4.61. The van der Waals surface area contributed by atoms with Crippen molar-refractivity contribution in [1.29, 1.82) is 0 Å². The van der Waals surface area contributed by atoms with Gasteiger partial charge in [0.05, 0.1) is 0 Å². The minimum absolute atomic E-state index is 0.0646. The fraction of sp³-hybridized carbons (Fsp3) is 0.0909. The van der Waals surface area contributed by atoms with Crippen molar-refractivity contribution >= 4 is 34.1 Å². The molecule has 0 saturated carbocycles. The molecule has 0 radical (unpaired) electrons. The van der Waals surface area contributed by atoms with Crippen molar-refractivity contribution in [3.05, 3.63) is 36.5 Å². The third kappa shape index (κ3) is 2.07. The van der Waals surface area contributed by atoms with Gasteiger partial charge in [0.25, 0.3) is 0 Å². The monoisotopic (exact) mass is 220 g/mol. The van der Waals surface area contributed by atoms with E-state index in [-0.39, 0.29) is 11.8 Å². The smallest absolute Gasteiger partial charge is 0.240 e. The summed E-state index contributed by atoms with van der Waals surface area (Å²) >= 11 is 5.41. The van der Waals surface area contributed by atoms with Crippen LogP contribution in [0, 0.1) is 0 Å². The molecule has 4 heteroatoms. The number of hydrogen-bond donors (Lipinski definition) is 1. The Morgan fingerprint density at radius 1 is 1.33 bits per heavy atom. The minimum Gasteiger partial charge on any atom is -0.309 e. The summed E-state index contributed by atoms with van der Waals surface area (Å²) in [6, 6.07) is 9.61. The van der Waals surface area contributed by atoms with Crippen LogP contribution in [0.4, 0.5) is 5.82 Å². The summed E-state index contributed by atoms with van der Waals surface area (Å²) in [5.41, 5.74) is 0. The predicted molar refractivity (Wildman–Crippen MR) is 61.1 cm³/mol. The van der Waals surface area contributed by atoms with Gasteiger partial charge in [-0.05, 0) is 11.5 Å². The van der Waals surface area contributed by atoms with Gasteiger partial charge in [-0.1, -0.05) is 24.3 Å². The number of fused-ring (bicyclic) bond motifs is 1. The molecular formula is C11H9ClN2O. The van der Waals surface area contributed by atoms with Crippen LogP contribution in [0.15, 0.2) is 36.5 Å². The maximum Gasteiger partial charge on any atom is 0.240 e. The molecule has 0 spiro atoms. The third-order valence-electron chi connectivity index (χ3n) is 2.05. The molecule has 1 N–H and O–H groups in total. The van der Waals surface area contributed by atoms with Crippen LogP contribution in [0.1, 0.15) is 0 Å². The molecule has 1 aromatic heterocycles. The quantitative estimate of drug-likeness (QED) is 0.790. The number of rotatable bonds is 2. The highest BCUT2D eigenvalue weighted by molar-refractivity contribution is 6.29. The van der Waals surface area contributed by atoms with E-state index in [1.165, 1.54) is 0 Å². The lowest BCUT2D eigenvalue weighted by Crippen LogP contribution is -2.13. The second kappa shape index (κ2) is 4.28. The highest BCUT2D eigenvalue weighted by atomic mass is 35.5. The van der Waals surface area contributed by atoms with Gasteiger partial charge < -0.3 is 5.32 Å². The van der Waals surface area contributed by atoms with E-state index in [2.05, 4.69) is 10.3 Å². The second-order valence-corrected chi connectivity index (χ2v) is 3.33. The van der Waals surface area contributed by atoms with Gasteiger partial charge in [0, 0.05) is 11.6 Å². The van der Waals surface area contributed by atoms with Crippen LogP contribution < -0.4 is 5.32 Å².